The van der Waals surface area contributed by atoms with Crippen LogP contribution in [-0.4, -0.2) is 24.2 Å². The molecular formula is C16H21N3O2. The quantitative estimate of drug-likeness (QED) is 0.935. The number of rotatable bonds is 4. The highest BCUT2D eigenvalue weighted by Crippen LogP contribution is 2.30. The molecule has 0 aliphatic heterocycles. The van der Waals surface area contributed by atoms with E-state index in [4.69, 9.17) is 15.2 Å². The highest BCUT2D eigenvalue weighted by Gasteiger charge is 2.14. The molecule has 0 bridgehead atoms. The minimum absolute atomic E-state index is 0.291. The lowest BCUT2D eigenvalue weighted by atomic mass is 10.0. The van der Waals surface area contributed by atoms with Gasteiger partial charge in [-0.1, -0.05) is 13.8 Å². The Kier molecular flexibility index (Phi) is 4.31. The van der Waals surface area contributed by atoms with Crippen molar-refractivity contribution in [3.63, 3.8) is 0 Å². The topological polar surface area (TPSA) is 70.3 Å². The largest absolute Gasteiger partial charge is 0.497 e. The zero-order valence-corrected chi connectivity index (χ0v) is 13.1. The second-order valence-electron chi connectivity index (χ2n) is 5.19. The molecule has 0 unspecified atom stereocenters. The van der Waals surface area contributed by atoms with Crippen LogP contribution >= 0.6 is 0 Å². The summed E-state index contributed by atoms with van der Waals surface area (Å²) in [6.07, 6.45) is 0. The number of hydrogen-bond acceptors (Lipinski definition) is 5. The van der Waals surface area contributed by atoms with E-state index in [2.05, 4.69) is 23.8 Å². The Labute approximate surface area is 125 Å². The smallest absolute Gasteiger partial charge is 0.162 e. The molecular weight excluding hydrogens is 266 g/mol. The average Bonchev–Trinajstić information content (AvgIpc) is 2.45. The molecule has 2 aromatic rings. The number of hydrogen-bond donors (Lipinski definition) is 1. The van der Waals surface area contributed by atoms with E-state index in [1.165, 1.54) is 0 Å². The Morgan fingerprint density at radius 1 is 1.00 bits per heavy atom. The van der Waals surface area contributed by atoms with Gasteiger partial charge in [0.05, 0.1) is 14.2 Å². The Bertz CT molecular complexity index is 609. The van der Waals surface area contributed by atoms with Crippen LogP contribution < -0.4 is 15.2 Å². The van der Waals surface area contributed by atoms with Crippen molar-refractivity contribution in [3.8, 4) is 22.9 Å². The van der Waals surface area contributed by atoms with Gasteiger partial charge in [-0.25, -0.2) is 9.97 Å². The van der Waals surface area contributed by atoms with Crippen molar-refractivity contribution in [2.75, 3.05) is 20.0 Å². The number of nitrogens with zero attached hydrogens (tertiary/aromatic N) is 2. The van der Waals surface area contributed by atoms with Crippen molar-refractivity contribution in [3.05, 3.63) is 29.5 Å². The minimum Gasteiger partial charge on any atom is -0.497 e. The van der Waals surface area contributed by atoms with E-state index in [0.29, 0.717) is 29.1 Å². The molecule has 5 heteroatoms. The standard InChI is InChI=1S/C16H21N3O2/c1-9(2)14-10(3)18-16(19-15(14)17)11-6-12(20-4)8-13(7-11)21-5/h6-9H,1-5H3,(H2,17,18,19). The van der Waals surface area contributed by atoms with E-state index >= 15 is 0 Å². The van der Waals surface area contributed by atoms with Gasteiger partial charge in [-0.05, 0) is 25.0 Å². The van der Waals surface area contributed by atoms with Gasteiger partial charge in [0.1, 0.15) is 17.3 Å². The number of ether oxygens (including phenoxy) is 2. The second-order valence-corrected chi connectivity index (χ2v) is 5.19. The van der Waals surface area contributed by atoms with Crippen LogP contribution in [0.3, 0.4) is 0 Å². The fourth-order valence-electron chi connectivity index (χ4n) is 2.38. The molecule has 5 nitrogen and oxygen atoms in total. The fraction of sp³-hybridized carbons (Fsp3) is 0.375. The van der Waals surface area contributed by atoms with E-state index < -0.39 is 0 Å². The highest BCUT2D eigenvalue weighted by atomic mass is 16.5. The molecule has 0 saturated heterocycles. The van der Waals surface area contributed by atoms with Crippen LogP contribution in [-0.2, 0) is 0 Å². The first kappa shape index (κ1) is 15.1. The van der Waals surface area contributed by atoms with Gasteiger partial charge in [0.25, 0.3) is 0 Å². The first-order chi connectivity index (χ1) is 9.96. The van der Waals surface area contributed by atoms with Crippen LogP contribution in [0.2, 0.25) is 0 Å². The monoisotopic (exact) mass is 287 g/mol. The van der Waals surface area contributed by atoms with E-state index in [1.54, 1.807) is 14.2 Å². The van der Waals surface area contributed by atoms with Crippen molar-refractivity contribution in [1.82, 2.24) is 9.97 Å². The number of benzene rings is 1. The van der Waals surface area contributed by atoms with Gasteiger partial charge >= 0.3 is 0 Å². The lowest BCUT2D eigenvalue weighted by Gasteiger charge is -2.14. The van der Waals surface area contributed by atoms with Crippen molar-refractivity contribution < 1.29 is 9.47 Å². The van der Waals surface area contributed by atoms with Gasteiger partial charge in [0, 0.05) is 22.9 Å². The van der Waals surface area contributed by atoms with E-state index in [9.17, 15) is 0 Å². The third-order valence-corrected chi connectivity index (χ3v) is 3.35. The average molecular weight is 287 g/mol. The SMILES string of the molecule is COc1cc(OC)cc(-c2nc(C)c(C(C)C)c(N)n2)c1. The maximum atomic E-state index is 6.09. The van der Waals surface area contributed by atoms with E-state index in [0.717, 1.165) is 16.8 Å². The molecule has 0 fully saturated rings. The summed E-state index contributed by atoms with van der Waals surface area (Å²) in [5, 5.41) is 0. The van der Waals surface area contributed by atoms with Gasteiger partial charge in [-0.2, -0.15) is 0 Å². The van der Waals surface area contributed by atoms with Gasteiger partial charge in [0.2, 0.25) is 0 Å². The lowest BCUT2D eigenvalue weighted by molar-refractivity contribution is 0.394. The summed E-state index contributed by atoms with van der Waals surface area (Å²) in [5.74, 6) is 2.77. The Balaban J connectivity index is 2.57. The van der Waals surface area contributed by atoms with Crippen LogP contribution in [0.15, 0.2) is 18.2 Å². The van der Waals surface area contributed by atoms with Gasteiger partial charge < -0.3 is 15.2 Å². The zero-order chi connectivity index (χ0) is 15.6. The first-order valence-corrected chi connectivity index (χ1v) is 6.83. The second kappa shape index (κ2) is 5.99. The van der Waals surface area contributed by atoms with Gasteiger partial charge in [0.15, 0.2) is 5.82 Å². The van der Waals surface area contributed by atoms with Gasteiger partial charge in [-0.3, -0.25) is 0 Å². The minimum atomic E-state index is 0.291. The number of anilines is 1. The number of aryl methyl sites for hydroxylation is 1. The van der Waals surface area contributed by atoms with Gasteiger partial charge in [-0.15, -0.1) is 0 Å². The van der Waals surface area contributed by atoms with Crippen molar-refractivity contribution >= 4 is 5.82 Å². The molecule has 2 N–H and O–H groups in total. The summed E-state index contributed by atoms with van der Waals surface area (Å²) >= 11 is 0. The molecule has 1 heterocycles. The normalized spacial score (nSPS) is 10.8. The third-order valence-electron chi connectivity index (χ3n) is 3.35. The predicted octanol–water partition coefficient (Wildman–Crippen LogP) is 3.17. The maximum absolute atomic E-state index is 6.09. The zero-order valence-electron chi connectivity index (χ0n) is 13.1. The Morgan fingerprint density at radius 2 is 1.57 bits per heavy atom. The Morgan fingerprint density at radius 3 is 2.00 bits per heavy atom. The summed E-state index contributed by atoms with van der Waals surface area (Å²) in [7, 11) is 3.22. The van der Waals surface area contributed by atoms with Crippen molar-refractivity contribution in [2.45, 2.75) is 26.7 Å². The Hall–Kier alpha value is -2.30. The van der Waals surface area contributed by atoms with Crippen molar-refractivity contribution in [2.24, 2.45) is 0 Å². The van der Waals surface area contributed by atoms with Crippen LogP contribution in [0, 0.1) is 6.92 Å². The molecule has 0 saturated carbocycles. The van der Waals surface area contributed by atoms with Crippen LogP contribution in [0.4, 0.5) is 5.82 Å². The molecule has 2 rings (SSSR count). The molecule has 0 spiro atoms. The summed E-state index contributed by atoms with van der Waals surface area (Å²) in [6, 6.07) is 5.54. The molecule has 21 heavy (non-hydrogen) atoms. The van der Waals surface area contributed by atoms with Crippen LogP contribution in [0.5, 0.6) is 11.5 Å². The molecule has 1 aromatic carbocycles. The number of aromatic nitrogens is 2. The fourth-order valence-corrected chi connectivity index (χ4v) is 2.38. The van der Waals surface area contributed by atoms with Crippen LogP contribution in [0.25, 0.3) is 11.4 Å². The predicted molar refractivity (Wildman–Crippen MR) is 83.8 cm³/mol. The third kappa shape index (κ3) is 3.07. The molecule has 0 amide bonds. The number of methoxy groups -OCH3 is 2. The molecule has 0 aliphatic rings. The molecule has 1 aromatic heterocycles. The number of nitrogen functional groups attached to an aromatic ring is 1. The van der Waals surface area contributed by atoms with Crippen molar-refractivity contribution in [1.29, 1.82) is 0 Å². The van der Waals surface area contributed by atoms with E-state index in [1.807, 2.05) is 25.1 Å². The summed E-state index contributed by atoms with van der Waals surface area (Å²) in [4.78, 5) is 9.01. The van der Waals surface area contributed by atoms with E-state index in [-0.39, 0.29) is 0 Å². The number of nitrogens with two attached hydrogens (primary N) is 1. The molecule has 0 atom stereocenters. The summed E-state index contributed by atoms with van der Waals surface area (Å²) in [5.41, 5.74) is 8.80. The molecule has 0 radical (unpaired) electrons. The van der Waals surface area contributed by atoms with Crippen LogP contribution in [0.1, 0.15) is 31.0 Å². The summed E-state index contributed by atoms with van der Waals surface area (Å²) < 4.78 is 10.5. The molecule has 0 aliphatic carbocycles. The maximum Gasteiger partial charge on any atom is 0.162 e. The first-order valence-electron chi connectivity index (χ1n) is 6.83. The summed E-state index contributed by atoms with van der Waals surface area (Å²) in [6.45, 7) is 6.11. The lowest BCUT2D eigenvalue weighted by Crippen LogP contribution is -2.06. The molecule has 112 valence electrons. The highest BCUT2D eigenvalue weighted by molar-refractivity contribution is 5.63.